The Bertz CT molecular complexity index is 377. The molecule has 2 atom stereocenters. The fourth-order valence-electron chi connectivity index (χ4n) is 2.03. The maximum Gasteiger partial charge on any atom is 0.0986 e. The smallest absolute Gasteiger partial charge is 0.0986 e. The number of ether oxygens (including phenoxy) is 1. The predicted molar refractivity (Wildman–Crippen MR) is 76.3 cm³/mol. The first kappa shape index (κ1) is 14.8. The summed E-state index contributed by atoms with van der Waals surface area (Å²) in [5.74, 6) is 6.11. The van der Waals surface area contributed by atoms with E-state index in [1.54, 1.807) is 0 Å². The highest BCUT2D eigenvalue weighted by Crippen LogP contribution is 2.23. The molecule has 1 aromatic rings. The molecule has 0 saturated carbocycles. The Morgan fingerprint density at radius 1 is 1.22 bits per heavy atom. The number of hydrogen-bond acceptors (Lipinski definition) is 2. The molecule has 1 rings (SSSR count). The van der Waals surface area contributed by atoms with E-state index in [4.69, 9.17) is 4.74 Å². The second-order valence-corrected chi connectivity index (χ2v) is 4.08. The van der Waals surface area contributed by atoms with Crippen LogP contribution in [0, 0.1) is 11.8 Å². The van der Waals surface area contributed by atoms with Crippen molar-refractivity contribution in [3.8, 4) is 11.8 Å². The second-order valence-electron chi connectivity index (χ2n) is 4.08. The van der Waals surface area contributed by atoms with Gasteiger partial charge in [-0.2, -0.15) is 0 Å². The first-order valence-corrected chi connectivity index (χ1v) is 6.63. The summed E-state index contributed by atoms with van der Waals surface area (Å²) in [5, 5.41) is 3.47. The molecule has 0 amide bonds. The molecule has 0 saturated heterocycles. The molecule has 1 aromatic carbocycles. The standard InChI is InChI=1S/C16H23NO/c1-4-7-13-15(17-5-2)16(18-6-3)14-11-9-8-10-12-14/h8-12,15-17H,5-6,13H2,1-3H3. The lowest BCUT2D eigenvalue weighted by atomic mass is 9.99. The summed E-state index contributed by atoms with van der Waals surface area (Å²) in [7, 11) is 0. The van der Waals surface area contributed by atoms with Crippen LogP contribution in [0.3, 0.4) is 0 Å². The van der Waals surface area contributed by atoms with E-state index in [-0.39, 0.29) is 12.1 Å². The van der Waals surface area contributed by atoms with E-state index < -0.39 is 0 Å². The van der Waals surface area contributed by atoms with Crippen LogP contribution in [0.2, 0.25) is 0 Å². The molecule has 0 spiro atoms. The second kappa shape index (κ2) is 8.74. The van der Waals surface area contributed by atoms with Crippen molar-refractivity contribution >= 4 is 0 Å². The first-order valence-electron chi connectivity index (χ1n) is 6.63. The van der Waals surface area contributed by atoms with Crippen LogP contribution in [0.4, 0.5) is 0 Å². The molecule has 0 fully saturated rings. The lowest BCUT2D eigenvalue weighted by molar-refractivity contribution is 0.0349. The number of likely N-dealkylation sites (N-methyl/N-ethyl adjacent to an activating group) is 1. The van der Waals surface area contributed by atoms with E-state index in [1.807, 2.05) is 19.9 Å². The summed E-state index contributed by atoms with van der Waals surface area (Å²) < 4.78 is 5.91. The molecule has 2 nitrogen and oxygen atoms in total. The lowest BCUT2D eigenvalue weighted by Crippen LogP contribution is -2.36. The average molecular weight is 245 g/mol. The van der Waals surface area contributed by atoms with Crippen LogP contribution in [0.5, 0.6) is 0 Å². The minimum atomic E-state index is 0.0667. The van der Waals surface area contributed by atoms with Crippen molar-refractivity contribution in [3.63, 3.8) is 0 Å². The van der Waals surface area contributed by atoms with Gasteiger partial charge in [0, 0.05) is 19.1 Å². The van der Waals surface area contributed by atoms with Crippen LogP contribution in [0.25, 0.3) is 0 Å². The number of benzene rings is 1. The van der Waals surface area contributed by atoms with Crippen molar-refractivity contribution in [2.45, 2.75) is 39.3 Å². The fraction of sp³-hybridized carbons (Fsp3) is 0.500. The fourth-order valence-corrected chi connectivity index (χ4v) is 2.03. The molecule has 0 aromatic heterocycles. The van der Waals surface area contributed by atoms with Gasteiger partial charge in [-0.3, -0.25) is 0 Å². The summed E-state index contributed by atoms with van der Waals surface area (Å²) in [6.07, 6.45) is 0.876. The normalized spacial score (nSPS) is 13.5. The third kappa shape index (κ3) is 4.52. The van der Waals surface area contributed by atoms with E-state index in [0.29, 0.717) is 6.61 Å². The number of rotatable bonds is 7. The monoisotopic (exact) mass is 245 g/mol. The van der Waals surface area contributed by atoms with Gasteiger partial charge in [0.25, 0.3) is 0 Å². The third-order valence-electron chi connectivity index (χ3n) is 2.80. The SMILES string of the molecule is CC#CCC(NCC)C(OCC)c1ccccc1. The van der Waals surface area contributed by atoms with Gasteiger partial charge in [-0.15, -0.1) is 11.8 Å². The number of nitrogens with one attached hydrogen (secondary N) is 1. The van der Waals surface area contributed by atoms with Gasteiger partial charge in [-0.1, -0.05) is 37.3 Å². The van der Waals surface area contributed by atoms with E-state index in [9.17, 15) is 0 Å². The zero-order chi connectivity index (χ0) is 13.2. The van der Waals surface area contributed by atoms with Gasteiger partial charge in [-0.05, 0) is 26.0 Å². The van der Waals surface area contributed by atoms with Crippen LogP contribution < -0.4 is 5.32 Å². The molecule has 0 aliphatic carbocycles. The summed E-state index contributed by atoms with van der Waals surface area (Å²) >= 11 is 0. The maximum atomic E-state index is 5.91. The van der Waals surface area contributed by atoms with Gasteiger partial charge in [0.1, 0.15) is 0 Å². The molecule has 0 aliphatic heterocycles. The Labute approximate surface area is 111 Å². The van der Waals surface area contributed by atoms with E-state index in [1.165, 1.54) is 5.56 Å². The van der Waals surface area contributed by atoms with E-state index in [0.717, 1.165) is 13.0 Å². The highest BCUT2D eigenvalue weighted by atomic mass is 16.5. The minimum Gasteiger partial charge on any atom is -0.372 e. The molecule has 18 heavy (non-hydrogen) atoms. The van der Waals surface area contributed by atoms with E-state index in [2.05, 4.69) is 48.3 Å². The molecule has 2 heteroatoms. The van der Waals surface area contributed by atoms with Crippen LogP contribution in [0.1, 0.15) is 38.9 Å². The highest BCUT2D eigenvalue weighted by molar-refractivity contribution is 5.20. The molecule has 0 radical (unpaired) electrons. The van der Waals surface area contributed by atoms with Crippen LogP contribution in [-0.2, 0) is 4.74 Å². The van der Waals surface area contributed by atoms with E-state index >= 15 is 0 Å². The van der Waals surface area contributed by atoms with Crippen molar-refractivity contribution in [3.05, 3.63) is 35.9 Å². The Morgan fingerprint density at radius 3 is 2.50 bits per heavy atom. The lowest BCUT2D eigenvalue weighted by Gasteiger charge is -2.26. The van der Waals surface area contributed by atoms with Gasteiger partial charge < -0.3 is 10.1 Å². The van der Waals surface area contributed by atoms with Crippen LogP contribution in [-0.4, -0.2) is 19.2 Å². The molecule has 98 valence electrons. The zero-order valence-electron chi connectivity index (χ0n) is 11.6. The highest BCUT2D eigenvalue weighted by Gasteiger charge is 2.21. The maximum absolute atomic E-state index is 5.91. The largest absolute Gasteiger partial charge is 0.372 e. The van der Waals surface area contributed by atoms with Gasteiger partial charge >= 0.3 is 0 Å². The van der Waals surface area contributed by atoms with Gasteiger partial charge in [-0.25, -0.2) is 0 Å². The quantitative estimate of drug-likeness (QED) is 0.745. The molecule has 0 bridgehead atoms. The Hall–Kier alpha value is -1.30. The van der Waals surface area contributed by atoms with Crippen molar-refractivity contribution < 1.29 is 4.74 Å². The van der Waals surface area contributed by atoms with Gasteiger partial charge in [0.2, 0.25) is 0 Å². The summed E-state index contributed by atoms with van der Waals surface area (Å²) in [4.78, 5) is 0. The van der Waals surface area contributed by atoms with Crippen molar-refractivity contribution in [1.82, 2.24) is 5.32 Å². The molecule has 2 unspecified atom stereocenters. The third-order valence-corrected chi connectivity index (χ3v) is 2.80. The Morgan fingerprint density at radius 2 is 1.94 bits per heavy atom. The zero-order valence-corrected chi connectivity index (χ0v) is 11.6. The molecule has 0 aliphatic rings. The molecular formula is C16H23NO. The molecular weight excluding hydrogens is 222 g/mol. The summed E-state index contributed by atoms with van der Waals surface area (Å²) in [5.41, 5.74) is 1.21. The summed E-state index contributed by atoms with van der Waals surface area (Å²) in [6, 6.07) is 10.6. The topological polar surface area (TPSA) is 21.3 Å². The average Bonchev–Trinajstić information content (AvgIpc) is 2.42. The van der Waals surface area contributed by atoms with Crippen LogP contribution in [0.15, 0.2) is 30.3 Å². The predicted octanol–water partition coefficient (Wildman–Crippen LogP) is 3.16. The number of hydrogen-bond donors (Lipinski definition) is 1. The molecule has 1 N–H and O–H groups in total. The first-order chi connectivity index (χ1) is 8.83. The van der Waals surface area contributed by atoms with Crippen molar-refractivity contribution in [1.29, 1.82) is 0 Å². The van der Waals surface area contributed by atoms with Crippen molar-refractivity contribution in [2.24, 2.45) is 0 Å². The Balaban J connectivity index is 2.87. The van der Waals surface area contributed by atoms with Crippen LogP contribution >= 0.6 is 0 Å². The van der Waals surface area contributed by atoms with Gasteiger partial charge in [0.15, 0.2) is 0 Å². The summed E-state index contributed by atoms with van der Waals surface area (Å²) in [6.45, 7) is 7.65. The Kier molecular flexibility index (Phi) is 7.17. The minimum absolute atomic E-state index is 0.0667. The van der Waals surface area contributed by atoms with Crippen molar-refractivity contribution in [2.75, 3.05) is 13.2 Å². The van der Waals surface area contributed by atoms with Gasteiger partial charge in [0.05, 0.1) is 6.10 Å². The molecule has 0 heterocycles.